The van der Waals surface area contributed by atoms with E-state index in [1.807, 2.05) is 0 Å². The van der Waals surface area contributed by atoms with E-state index in [1.54, 1.807) is 24.3 Å². The van der Waals surface area contributed by atoms with E-state index in [4.69, 9.17) is 5.73 Å². The summed E-state index contributed by atoms with van der Waals surface area (Å²) in [5.41, 5.74) is 5.91. The Balaban J connectivity index is 2.40. The molecule has 100 valence electrons. The Kier molecular flexibility index (Phi) is 3.77. The van der Waals surface area contributed by atoms with Gasteiger partial charge in [-0.3, -0.25) is 4.72 Å². The van der Waals surface area contributed by atoms with Gasteiger partial charge in [0.15, 0.2) is 0 Å². The molecule has 0 bridgehead atoms. The molecule has 7 heteroatoms. The first-order valence-corrected chi connectivity index (χ1v) is 7.49. The number of nitrogens with one attached hydrogen (secondary N) is 1. The van der Waals surface area contributed by atoms with Gasteiger partial charge in [-0.1, -0.05) is 22.0 Å². The van der Waals surface area contributed by atoms with Crippen LogP contribution in [0.25, 0.3) is 0 Å². The lowest BCUT2D eigenvalue weighted by atomic mass is 10.3. The van der Waals surface area contributed by atoms with Gasteiger partial charge in [0.1, 0.15) is 10.7 Å². The summed E-state index contributed by atoms with van der Waals surface area (Å²) in [6.07, 6.45) is 0. The minimum absolute atomic E-state index is 0.0103. The maximum Gasteiger partial charge on any atom is 0.264 e. The zero-order chi connectivity index (χ0) is 14.0. The van der Waals surface area contributed by atoms with E-state index in [-0.39, 0.29) is 10.6 Å². The van der Waals surface area contributed by atoms with Crippen LogP contribution in [-0.4, -0.2) is 8.42 Å². The first-order valence-electron chi connectivity index (χ1n) is 5.22. The van der Waals surface area contributed by atoms with E-state index < -0.39 is 15.8 Å². The van der Waals surface area contributed by atoms with Crippen molar-refractivity contribution in [1.82, 2.24) is 0 Å². The SMILES string of the molecule is Nc1ccc(F)cc1S(=O)(=O)Nc1cccc(Br)c1. The second-order valence-corrected chi connectivity index (χ2v) is 6.36. The van der Waals surface area contributed by atoms with Crippen molar-refractivity contribution in [2.75, 3.05) is 10.5 Å². The molecule has 0 spiro atoms. The minimum Gasteiger partial charge on any atom is -0.398 e. The predicted molar refractivity (Wildman–Crippen MR) is 75.8 cm³/mol. The summed E-state index contributed by atoms with van der Waals surface area (Å²) in [5.74, 6) is -0.663. The third-order valence-electron chi connectivity index (χ3n) is 2.34. The van der Waals surface area contributed by atoms with Crippen molar-refractivity contribution in [3.05, 3.63) is 52.8 Å². The number of nitrogens with two attached hydrogens (primary N) is 1. The number of sulfonamides is 1. The van der Waals surface area contributed by atoms with E-state index in [0.29, 0.717) is 5.69 Å². The van der Waals surface area contributed by atoms with Gasteiger partial charge in [-0.05, 0) is 36.4 Å². The first-order chi connectivity index (χ1) is 8.88. The first kappa shape index (κ1) is 13.8. The number of hydrogen-bond acceptors (Lipinski definition) is 3. The van der Waals surface area contributed by atoms with Crippen LogP contribution in [0.4, 0.5) is 15.8 Å². The molecule has 0 aromatic heterocycles. The van der Waals surface area contributed by atoms with Gasteiger partial charge in [0.05, 0.1) is 5.69 Å². The fourth-order valence-corrected chi connectivity index (χ4v) is 3.10. The van der Waals surface area contributed by atoms with Crippen LogP contribution in [0, 0.1) is 5.82 Å². The molecule has 0 aliphatic carbocycles. The molecule has 2 aromatic rings. The highest BCUT2D eigenvalue weighted by Crippen LogP contribution is 2.23. The van der Waals surface area contributed by atoms with Crippen LogP contribution in [0.1, 0.15) is 0 Å². The van der Waals surface area contributed by atoms with E-state index in [0.717, 1.165) is 16.6 Å². The van der Waals surface area contributed by atoms with Gasteiger partial charge in [-0.2, -0.15) is 0 Å². The molecule has 0 aliphatic rings. The Hall–Kier alpha value is -1.60. The maximum absolute atomic E-state index is 13.1. The molecule has 0 unspecified atom stereocenters. The predicted octanol–water partition coefficient (Wildman–Crippen LogP) is 2.97. The molecule has 0 atom stereocenters. The summed E-state index contributed by atoms with van der Waals surface area (Å²) < 4.78 is 40.4. The number of hydrogen-bond donors (Lipinski definition) is 2. The van der Waals surface area contributed by atoms with Crippen LogP contribution in [0.3, 0.4) is 0 Å². The summed E-state index contributed by atoms with van der Waals surface area (Å²) in [5, 5.41) is 0. The van der Waals surface area contributed by atoms with Crippen LogP contribution in [-0.2, 0) is 10.0 Å². The highest BCUT2D eigenvalue weighted by atomic mass is 79.9. The number of halogens is 2. The minimum atomic E-state index is -3.92. The standard InChI is InChI=1S/C12H10BrFN2O2S/c13-8-2-1-3-10(6-8)16-19(17,18)12-7-9(14)4-5-11(12)15/h1-7,16H,15H2. The van der Waals surface area contributed by atoms with Gasteiger partial charge in [0.25, 0.3) is 10.0 Å². The Morgan fingerprint density at radius 3 is 2.58 bits per heavy atom. The average Bonchev–Trinajstić information content (AvgIpc) is 2.31. The van der Waals surface area contributed by atoms with E-state index in [9.17, 15) is 12.8 Å². The summed E-state index contributed by atoms with van der Waals surface area (Å²) in [4.78, 5) is -0.285. The highest BCUT2D eigenvalue weighted by molar-refractivity contribution is 9.10. The lowest BCUT2D eigenvalue weighted by molar-refractivity contribution is 0.596. The van der Waals surface area contributed by atoms with Crippen LogP contribution >= 0.6 is 15.9 Å². The highest BCUT2D eigenvalue weighted by Gasteiger charge is 2.18. The van der Waals surface area contributed by atoms with Crippen molar-refractivity contribution < 1.29 is 12.8 Å². The molecule has 0 aliphatic heterocycles. The largest absolute Gasteiger partial charge is 0.398 e. The zero-order valence-corrected chi connectivity index (χ0v) is 12.0. The quantitative estimate of drug-likeness (QED) is 0.840. The number of rotatable bonds is 3. The second kappa shape index (κ2) is 5.18. The molecular formula is C12H10BrFN2O2S. The van der Waals surface area contributed by atoms with Gasteiger partial charge in [0, 0.05) is 10.2 Å². The van der Waals surface area contributed by atoms with Gasteiger partial charge >= 0.3 is 0 Å². The molecule has 0 saturated heterocycles. The van der Waals surface area contributed by atoms with Crippen LogP contribution in [0.5, 0.6) is 0 Å². The van der Waals surface area contributed by atoms with E-state index in [1.165, 1.54) is 6.07 Å². The zero-order valence-electron chi connectivity index (χ0n) is 9.60. The summed E-state index contributed by atoms with van der Waals surface area (Å²) in [6.45, 7) is 0. The summed E-state index contributed by atoms with van der Waals surface area (Å²) >= 11 is 3.23. The van der Waals surface area contributed by atoms with Gasteiger partial charge in [-0.25, -0.2) is 12.8 Å². The van der Waals surface area contributed by atoms with Crippen LogP contribution in [0.2, 0.25) is 0 Å². The van der Waals surface area contributed by atoms with E-state index >= 15 is 0 Å². The smallest absolute Gasteiger partial charge is 0.264 e. The van der Waals surface area contributed by atoms with Crippen LogP contribution in [0.15, 0.2) is 51.8 Å². The number of benzene rings is 2. The maximum atomic E-state index is 13.1. The van der Waals surface area contributed by atoms with Crippen molar-refractivity contribution in [3.63, 3.8) is 0 Å². The van der Waals surface area contributed by atoms with Crippen molar-refractivity contribution in [2.45, 2.75) is 4.90 Å². The Labute approximate surface area is 118 Å². The van der Waals surface area contributed by atoms with Gasteiger partial charge in [0.2, 0.25) is 0 Å². The summed E-state index contributed by atoms with van der Waals surface area (Å²) in [6, 6.07) is 9.81. The third-order valence-corrected chi connectivity index (χ3v) is 4.27. The number of anilines is 2. The lowest BCUT2D eigenvalue weighted by Gasteiger charge is -2.10. The van der Waals surface area contributed by atoms with Crippen molar-refractivity contribution >= 4 is 37.3 Å². The second-order valence-electron chi connectivity index (χ2n) is 3.80. The molecule has 0 amide bonds. The molecule has 0 radical (unpaired) electrons. The number of nitrogen functional groups attached to an aromatic ring is 1. The molecule has 0 fully saturated rings. The Morgan fingerprint density at radius 2 is 1.89 bits per heavy atom. The average molecular weight is 345 g/mol. The topological polar surface area (TPSA) is 72.2 Å². The van der Waals surface area contributed by atoms with Crippen molar-refractivity contribution in [1.29, 1.82) is 0 Å². The van der Waals surface area contributed by atoms with Gasteiger partial charge < -0.3 is 5.73 Å². The van der Waals surface area contributed by atoms with Crippen molar-refractivity contribution in [2.24, 2.45) is 0 Å². The van der Waals surface area contributed by atoms with Crippen LogP contribution < -0.4 is 10.5 Å². The third kappa shape index (κ3) is 3.24. The molecule has 0 saturated carbocycles. The van der Waals surface area contributed by atoms with Gasteiger partial charge in [-0.15, -0.1) is 0 Å². The fourth-order valence-electron chi connectivity index (χ4n) is 1.50. The van der Waals surface area contributed by atoms with Crippen molar-refractivity contribution in [3.8, 4) is 0 Å². The monoisotopic (exact) mass is 344 g/mol. The molecule has 2 rings (SSSR count). The molecule has 19 heavy (non-hydrogen) atoms. The molecular weight excluding hydrogens is 335 g/mol. The fraction of sp³-hybridized carbons (Fsp3) is 0. The van der Waals surface area contributed by atoms with E-state index in [2.05, 4.69) is 20.7 Å². The Morgan fingerprint density at radius 1 is 1.16 bits per heavy atom. The summed E-state index contributed by atoms with van der Waals surface area (Å²) in [7, 11) is -3.92. The molecule has 4 nitrogen and oxygen atoms in total. The Bertz CT molecular complexity index is 719. The normalized spacial score (nSPS) is 11.3. The lowest BCUT2D eigenvalue weighted by Crippen LogP contribution is -2.15. The molecule has 0 heterocycles. The molecule has 3 N–H and O–H groups in total. The molecule has 2 aromatic carbocycles.